The number of nitrogens with one attached hydrogen (secondary N) is 1. The Morgan fingerprint density at radius 2 is 1.81 bits per heavy atom. The van der Waals surface area contributed by atoms with Gasteiger partial charge in [0, 0.05) is 36.9 Å². The number of piperidine rings is 1. The van der Waals surface area contributed by atoms with Gasteiger partial charge in [0.2, 0.25) is 5.91 Å². The van der Waals surface area contributed by atoms with Crippen LogP contribution in [-0.2, 0) is 11.3 Å². The summed E-state index contributed by atoms with van der Waals surface area (Å²) in [4.78, 5) is 19.1. The van der Waals surface area contributed by atoms with E-state index < -0.39 is 0 Å². The first-order valence-corrected chi connectivity index (χ1v) is 9.47. The molecule has 4 nitrogen and oxygen atoms in total. The van der Waals surface area contributed by atoms with Gasteiger partial charge in [0.1, 0.15) is 0 Å². The van der Waals surface area contributed by atoms with Crippen molar-refractivity contribution in [3.05, 3.63) is 72.1 Å². The van der Waals surface area contributed by atoms with Crippen LogP contribution in [0.25, 0.3) is 6.08 Å². The van der Waals surface area contributed by atoms with Gasteiger partial charge in [-0.1, -0.05) is 36.4 Å². The van der Waals surface area contributed by atoms with E-state index in [1.54, 1.807) is 18.3 Å². The number of amides is 1. The van der Waals surface area contributed by atoms with Crippen molar-refractivity contribution in [2.24, 2.45) is 0 Å². The second kappa shape index (κ2) is 7.83. The lowest BCUT2D eigenvalue weighted by molar-refractivity contribution is -0.117. The summed E-state index contributed by atoms with van der Waals surface area (Å²) in [5.74, 6) is -0.0171. The van der Waals surface area contributed by atoms with E-state index in [2.05, 4.69) is 45.5 Å². The van der Waals surface area contributed by atoms with Gasteiger partial charge in [-0.15, -0.1) is 0 Å². The minimum Gasteiger partial charge on any atom is -0.350 e. The first-order chi connectivity index (χ1) is 12.8. The van der Waals surface area contributed by atoms with Gasteiger partial charge in [0.15, 0.2) is 0 Å². The zero-order valence-corrected chi connectivity index (χ0v) is 14.9. The molecule has 0 saturated carbocycles. The molecule has 134 valence electrons. The number of carbonyl (C=O) groups excluding carboxylic acids is 1. The summed E-state index contributed by atoms with van der Waals surface area (Å²) in [6.45, 7) is 1.02. The van der Waals surface area contributed by atoms with Crippen LogP contribution in [0.4, 0.5) is 0 Å². The van der Waals surface area contributed by atoms with Crippen molar-refractivity contribution in [3.63, 3.8) is 0 Å². The molecule has 4 heteroatoms. The third-order valence-corrected chi connectivity index (χ3v) is 5.53. The average Bonchev–Trinajstić information content (AvgIpc) is 2.90. The Hall–Kier alpha value is -2.46. The highest BCUT2D eigenvalue weighted by Gasteiger charge is 2.40. The number of nitrogens with zero attached hydrogens (tertiary/aromatic N) is 2. The predicted molar refractivity (Wildman–Crippen MR) is 103 cm³/mol. The molecule has 2 aromatic rings. The van der Waals surface area contributed by atoms with E-state index in [9.17, 15) is 4.79 Å². The van der Waals surface area contributed by atoms with Crippen LogP contribution in [0.3, 0.4) is 0 Å². The standard InChI is InChI=1S/C22H25N3O/c26-22(12-9-18-8-4-5-13-23-18)24-19-14-20-10-11-21(15-19)25(20)16-17-6-2-1-3-7-17/h1-9,12-13,19-21H,10-11,14-16H2,(H,24,26)/b12-9+. The summed E-state index contributed by atoms with van der Waals surface area (Å²) in [7, 11) is 0. The van der Waals surface area contributed by atoms with Crippen LogP contribution in [-0.4, -0.2) is 33.9 Å². The normalized spacial score (nSPS) is 25.5. The Morgan fingerprint density at radius 3 is 2.50 bits per heavy atom. The third kappa shape index (κ3) is 4.02. The van der Waals surface area contributed by atoms with Crippen molar-refractivity contribution in [1.29, 1.82) is 0 Å². The molecule has 2 aliphatic heterocycles. The lowest BCUT2D eigenvalue weighted by atomic mass is 9.96. The molecule has 26 heavy (non-hydrogen) atoms. The molecule has 0 aliphatic carbocycles. The number of hydrogen-bond acceptors (Lipinski definition) is 3. The van der Waals surface area contributed by atoms with Gasteiger partial charge in [0.05, 0.1) is 5.69 Å². The molecule has 2 atom stereocenters. The predicted octanol–water partition coefficient (Wildman–Crippen LogP) is 3.41. The van der Waals surface area contributed by atoms with Gasteiger partial charge in [-0.2, -0.15) is 0 Å². The molecule has 2 saturated heterocycles. The van der Waals surface area contributed by atoms with Crippen molar-refractivity contribution in [1.82, 2.24) is 15.2 Å². The summed E-state index contributed by atoms with van der Waals surface area (Å²) in [5, 5.41) is 3.19. The molecular formula is C22H25N3O. The summed E-state index contributed by atoms with van der Waals surface area (Å²) in [6, 6.07) is 17.8. The Kier molecular flexibility index (Phi) is 5.12. The van der Waals surface area contributed by atoms with E-state index in [-0.39, 0.29) is 11.9 Å². The Morgan fingerprint density at radius 1 is 1.08 bits per heavy atom. The van der Waals surface area contributed by atoms with Crippen molar-refractivity contribution in [2.75, 3.05) is 0 Å². The monoisotopic (exact) mass is 347 g/mol. The summed E-state index contributed by atoms with van der Waals surface area (Å²) >= 11 is 0. The van der Waals surface area contributed by atoms with E-state index >= 15 is 0 Å². The molecule has 3 heterocycles. The lowest BCUT2D eigenvalue weighted by Crippen LogP contribution is -2.49. The number of fused-ring (bicyclic) bond motifs is 2. The Labute approximate surface area is 154 Å². The number of hydrogen-bond donors (Lipinski definition) is 1. The van der Waals surface area contributed by atoms with Crippen LogP contribution < -0.4 is 5.32 Å². The molecule has 2 aliphatic rings. The van der Waals surface area contributed by atoms with E-state index in [1.807, 2.05) is 18.2 Å². The molecule has 4 rings (SSSR count). The Bertz CT molecular complexity index is 745. The second-order valence-electron chi connectivity index (χ2n) is 7.31. The van der Waals surface area contributed by atoms with Gasteiger partial charge < -0.3 is 5.32 Å². The zero-order chi connectivity index (χ0) is 17.8. The van der Waals surface area contributed by atoms with Crippen LogP contribution >= 0.6 is 0 Å². The van der Waals surface area contributed by atoms with Crippen LogP contribution in [0, 0.1) is 0 Å². The number of pyridine rings is 1. The molecule has 2 unspecified atom stereocenters. The number of benzene rings is 1. The maximum absolute atomic E-state index is 12.3. The van der Waals surface area contributed by atoms with Gasteiger partial charge in [-0.05, 0) is 49.5 Å². The van der Waals surface area contributed by atoms with Crippen LogP contribution in [0.1, 0.15) is 36.9 Å². The molecule has 2 bridgehead atoms. The lowest BCUT2D eigenvalue weighted by Gasteiger charge is -2.39. The summed E-state index contributed by atoms with van der Waals surface area (Å²) in [6.07, 6.45) is 9.69. The summed E-state index contributed by atoms with van der Waals surface area (Å²) < 4.78 is 0. The molecule has 1 aromatic carbocycles. The Balaban J connectivity index is 1.32. The fourth-order valence-corrected chi connectivity index (χ4v) is 4.33. The molecule has 2 fully saturated rings. The third-order valence-electron chi connectivity index (χ3n) is 5.53. The van der Waals surface area contributed by atoms with Crippen molar-refractivity contribution < 1.29 is 4.79 Å². The quantitative estimate of drug-likeness (QED) is 0.843. The smallest absolute Gasteiger partial charge is 0.244 e. The first-order valence-electron chi connectivity index (χ1n) is 9.47. The van der Waals surface area contributed by atoms with Gasteiger partial charge in [-0.25, -0.2) is 0 Å². The van der Waals surface area contributed by atoms with Crippen molar-refractivity contribution in [3.8, 4) is 0 Å². The molecule has 0 radical (unpaired) electrons. The molecule has 0 spiro atoms. The molecule has 1 N–H and O–H groups in total. The van der Waals surface area contributed by atoms with E-state index in [0.717, 1.165) is 25.1 Å². The van der Waals surface area contributed by atoms with E-state index in [4.69, 9.17) is 0 Å². The maximum atomic E-state index is 12.3. The van der Waals surface area contributed by atoms with E-state index in [1.165, 1.54) is 18.4 Å². The topological polar surface area (TPSA) is 45.2 Å². The van der Waals surface area contributed by atoms with Crippen LogP contribution in [0.2, 0.25) is 0 Å². The van der Waals surface area contributed by atoms with Crippen molar-refractivity contribution in [2.45, 2.75) is 50.4 Å². The van der Waals surface area contributed by atoms with Gasteiger partial charge in [-0.3, -0.25) is 14.7 Å². The number of aromatic nitrogens is 1. The summed E-state index contributed by atoms with van der Waals surface area (Å²) in [5.41, 5.74) is 2.19. The highest BCUT2D eigenvalue weighted by atomic mass is 16.1. The first kappa shape index (κ1) is 17.0. The molecular weight excluding hydrogens is 322 g/mol. The van der Waals surface area contributed by atoms with Crippen LogP contribution in [0.15, 0.2) is 60.8 Å². The van der Waals surface area contributed by atoms with Gasteiger partial charge >= 0.3 is 0 Å². The largest absolute Gasteiger partial charge is 0.350 e. The second-order valence-corrected chi connectivity index (χ2v) is 7.31. The number of rotatable bonds is 5. The highest BCUT2D eigenvalue weighted by molar-refractivity contribution is 5.91. The van der Waals surface area contributed by atoms with E-state index in [0.29, 0.717) is 12.1 Å². The molecule has 1 amide bonds. The number of carbonyl (C=O) groups is 1. The minimum absolute atomic E-state index is 0.0171. The van der Waals surface area contributed by atoms with Gasteiger partial charge in [0.25, 0.3) is 0 Å². The minimum atomic E-state index is -0.0171. The van der Waals surface area contributed by atoms with Crippen LogP contribution in [0.5, 0.6) is 0 Å². The maximum Gasteiger partial charge on any atom is 0.244 e. The fourth-order valence-electron chi connectivity index (χ4n) is 4.33. The SMILES string of the molecule is O=C(/C=C/c1ccccn1)NC1CC2CCC(C1)N2Cc1ccccc1. The fraction of sp³-hybridized carbons (Fsp3) is 0.364. The zero-order valence-electron chi connectivity index (χ0n) is 14.9. The molecule has 1 aromatic heterocycles. The average molecular weight is 347 g/mol. The highest BCUT2D eigenvalue weighted by Crippen LogP contribution is 2.36. The van der Waals surface area contributed by atoms with Crippen molar-refractivity contribution >= 4 is 12.0 Å².